The fourth-order valence-corrected chi connectivity index (χ4v) is 3.04. The molecule has 3 aromatic heterocycles. The molecule has 0 unspecified atom stereocenters. The number of pyridine rings is 2. The number of imidazole rings is 1. The molecule has 0 bridgehead atoms. The smallest absolute Gasteiger partial charge is 0.259 e. The van der Waals surface area contributed by atoms with Gasteiger partial charge in [0.15, 0.2) is 5.03 Å². The Morgan fingerprint density at radius 1 is 1.13 bits per heavy atom. The van der Waals surface area contributed by atoms with E-state index in [2.05, 4.69) is 19.7 Å². The Bertz CT molecular complexity index is 906. The van der Waals surface area contributed by atoms with Crippen molar-refractivity contribution >= 4 is 10.0 Å². The van der Waals surface area contributed by atoms with Crippen LogP contribution in [0.5, 0.6) is 0 Å². The molecule has 0 aliphatic rings. The lowest BCUT2D eigenvalue weighted by atomic mass is 10.1. The quantitative estimate of drug-likeness (QED) is 0.763. The molecule has 0 spiro atoms. The van der Waals surface area contributed by atoms with Crippen molar-refractivity contribution in [3.63, 3.8) is 0 Å². The lowest BCUT2D eigenvalue weighted by Gasteiger charge is -2.06. The summed E-state index contributed by atoms with van der Waals surface area (Å²) in [6, 6.07) is 7.32. The maximum absolute atomic E-state index is 12.2. The molecule has 0 aliphatic heterocycles. The number of hydrogen-bond acceptors (Lipinski definition) is 5. The third-order valence-corrected chi connectivity index (χ3v) is 4.51. The number of nitrogens with zero attached hydrogens (tertiary/aromatic N) is 4. The zero-order valence-corrected chi connectivity index (χ0v) is 13.2. The Kier molecular flexibility index (Phi) is 4.18. The van der Waals surface area contributed by atoms with Gasteiger partial charge < -0.3 is 4.57 Å². The van der Waals surface area contributed by atoms with Crippen molar-refractivity contribution in [2.75, 3.05) is 0 Å². The van der Waals surface area contributed by atoms with Crippen LogP contribution in [0.4, 0.5) is 0 Å². The largest absolute Gasteiger partial charge is 0.339 e. The zero-order valence-electron chi connectivity index (χ0n) is 12.4. The summed E-state index contributed by atoms with van der Waals surface area (Å²) in [6.45, 7) is 0.166. The number of sulfonamides is 1. The fraction of sp³-hybridized carbons (Fsp3) is 0.133. The highest BCUT2D eigenvalue weighted by Crippen LogP contribution is 2.16. The maximum atomic E-state index is 12.2. The molecular formula is C15H15N5O2S. The number of nitrogens with one attached hydrogen (secondary N) is 1. The summed E-state index contributed by atoms with van der Waals surface area (Å²) in [7, 11) is -1.91. The predicted molar refractivity (Wildman–Crippen MR) is 84.7 cm³/mol. The van der Waals surface area contributed by atoms with Crippen LogP contribution in [-0.4, -0.2) is 27.9 Å². The first kappa shape index (κ1) is 15.3. The van der Waals surface area contributed by atoms with Gasteiger partial charge in [-0.2, -0.15) is 0 Å². The van der Waals surface area contributed by atoms with E-state index in [9.17, 15) is 8.42 Å². The topological polar surface area (TPSA) is 89.8 Å². The van der Waals surface area contributed by atoms with Crippen LogP contribution < -0.4 is 4.72 Å². The third-order valence-electron chi connectivity index (χ3n) is 3.22. The molecule has 23 heavy (non-hydrogen) atoms. The summed E-state index contributed by atoms with van der Waals surface area (Å²) < 4.78 is 28.5. The number of aryl methyl sites for hydroxylation is 1. The van der Waals surface area contributed by atoms with Gasteiger partial charge in [0, 0.05) is 43.9 Å². The second-order valence-electron chi connectivity index (χ2n) is 4.99. The average Bonchev–Trinajstić information content (AvgIpc) is 3.02. The second-order valence-corrected chi connectivity index (χ2v) is 6.70. The van der Waals surface area contributed by atoms with E-state index < -0.39 is 10.0 Å². The van der Waals surface area contributed by atoms with Gasteiger partial charge in [-0.05, 0) is 29.8 Å². The summed E-state index contributed by atoms with van der Waals surface area (Å²) in [4.78, 5) is 12.1. The molecule has 3 heterocycles. The molecule has 0 fully saturated rings. The first-order valence-corrected chi connectivity index (χ1v) is 8.36. The summed E-state index contributed by atoms with van der Waals surface area (Å²) in [5, 5.41) is 0.00316. The van der Waals surface area contributed by atoms with Gasteiger partial charge in [0.05, 0.1) is 12.0 Å². The molecule has 7 nitrogen and oxygen atoms in total. The SMILES string of the molecule is Cn1cnc(S(=O)(=O)NCc2ccnc(-c3ccncc3)c2)c1. The Morgan fingerprint density at radius 3 is 2.61 bits per heavy atom. The van der Waals surface area contributed by atoms with Crippen LogP contribution in [0.25, 0.3) is 11.3 Å². The van der Waals surface area contributed by atoms with Crippen LogP contribution in [0.15, 0.2) is 60.4 Å². The van der Waals surface area contributed by atoms with Gasteiger partial charge in [-0.3, -0.25) is 9.97 Å². The standard InChI is InChI=1S/C15H15N5O2S/c1-20-10-15(18-11-20)23(21,22)19-9-12-2-7-17-14(8-12)13-3-5-16-6-4-13/h2-8,10-11,19H,9H2,1H3. The van der Waals surface area contributed by atoms with Gasteiger partial charge in [-0.25, -0.2) is 18.1 Å². The Labute approximate surface area is 134 Å². The van der Waals surface area contributed by atoms with Gasteiger partial charge in [0.25, 0.3) is 10.0 Å². The minimum absolute atomic E-state index is 0.00316. The molecule has 118 valence electrons. The van der Waals surface area contributed by atoms with E-state index in [0.717, 1.165) is 16.8 Å². The normalized spacial score (nSPS) is 11.5. The van der Waals surface area contributed by atoms with Crippen LogP contribution in [0.3, 0.4) is 0 Å². The van der Waals surface area contributed by atoms with Crippen molar-refractivity contribution in [2.24, 2.45) is 7.05 Å². The van der Waals surface area contributed by atoms with E-state index in [0.29, 0.717) is 0 Å². The van der Waals surface area contributed by atoms with E-state index in [-0.39, 0.29) is 11.6 Å². The molecule has 0 saturated heterocycles. The van der Waals surface area contributed by atoms with Gasteiger partial charge >= 0.3 is 0 Å². The van der Waals surface area contributed by atoms with E-state index in [4.69, 9.17) is 0 Å². The molecule has 1 N–H and O–H groups in total. The molecule has 8 heteroatoms. The predicted octanol–water partition coefficient (Wildman–Crippen LogP) is 1.36. The fourth-order valence-electron chi connectivity index (χ4n) is 2.04. The summed E-state index contributed by atoms with van der Waals surface area (Å²) in [6.07, 6.45) is 7.93. The molecule has 0 atom stereocenters. The van der Waals surface area contributed by atoms with Crippen molar-refractivity contribution in [3.8, 4) is 11.3 Å². The van der Waals surface area contributed by atoms with Crippen LogP contribution in [0.1, 0.15) is 5.56 Å². The number of aromatic nitrogens is 4. The number of rotatable bonds is 5. The lowest BCUT2D eigenvalue weighted by molar-refractivity contribution is 0.578. The molecule has 0 saturated carbocycles. The molecule has 3 rings (SSSR count). The average molecular weight is 329 g/mol. The maximum Gasteiger partial charge on any atom is 0.259 e. The summed E-state index contributed by atoms with van der Waals surface area (Å²) >= 11 is 0. The molecule has 0 amide bonds. The van der Waals surface area contributed by atoms with Crippen LogP contribution >= 0.6 is 0 Å². The van der Waals surface area contributed by atoms with Gasteiger partial charge in [-0.1, -0.05) is 0 Å². The first-order valence-electron chi connectivity index (χ1n) is 6.87. The van der Waals surface area contributed by atoms with Crippen molar-refractivity contribution in [1.29, 1.82) is 0 Å². The van der Waals surface area contributed by atoms with Crippen LogP contribution in [0.2, 0.25) is 0 Å². The number of hydrogen-bond donors (Lipinski definition) is 1. The molecule has 0 aromatic carbocycles. The molecular weight excluding hydrogens is 314 g/mol. The van der Waals surface area contributed by atoms with E-state index in [1.165, 1.54) is 12.5 Å². The van der Waals surface area contributed by atoms with Crippen molar-refractivity contribution in [1.82, 2.24) is 24.2 Å². The van der Waals surface area contributed by atoms with Gasteiger partial charge in [-0.15, -0.1) is 0 Å². The van der Waals surface area contributed by atoms with Crippen molar-refractivity contribution < 1.29 is 8.42 Å². The van der Waals surface area contributed by atoms with Crippen molar-refractivity contribution in [3.05, 3.63) is 60.9 Å². The van der Waals surface area contributed by atoms with Crippen LogP contribution in [0, 0.1) is 0 Å². The monoisotopic (exact) mass is 329 g/mol. The zero-order chi connectivity index (χ0) is 16.3. The van der Waals surface area contributed by atoms with Gasteiger partial charge in [0.2, 0.25) is 0 Å². The highest BCUT2D eigenvalue weighted by molar-refractivity contribution is 7.89. The summed E-state index contributed by atoms with van der Waals surface area (Å²) in [5.41, 5.74) is 2.50. The highest BCUT2D eigenvalue weighted by atomic mass is 32.2. The molecule has 0 radical (unpaired) electrons. The van der Waals surface area contributed by atoms with E-state index in [1.807, 2.05) is 18.2 Å². The minimum Gasteiger partial charge on any atom is -0.339 e. The second kappa shape index (κ2) is 6.27. The Morgan fingerprint density at radius 2 is 1.91 bits per heavy atom. The molecule has 3 aromatic rings. The van der Waals surface area contributed by atoms with Crippen LogP contribution in [-0.2, 0) is 23.6 Å². The first-order chi connectivity index (χ1) is 11.0. The minimum atomic E-state index is -3.63. The Hall–Kier alpha value is -2.58. The highest BCUT2D eigenvalue weighted by Gasteiger charge is 2.16. The van der Waals surface area contributed by atoms with E-state index in [1.54, 1.807) is 36.3 Å². The summed E-state index contributed by atoms with van der Waals surface area (Å²) in [5.74, 6) is 0. The van der Waals surface area contributed by atoms with E-state index >= 15 is 0 Å². The third kappa shape index (κ3) is 3.61. The van der Waals surface area contributed by atoms with Crippen molar-refractivity contribution in [2.45, 2.75) is 11.6 Å². The Balaban J connectivity index is 1.76. The van der Waals surface area contributed by atoms with Gasteiger partial charge in [0.1, 0.15) is 0 Å². The lowest BCUT2D eigenvalue weighted by Crippen LogP contribution is -2.23. The molecule has 0 aliphatic carbocycles.